The van der Waals surface area contributed by atoms with Crippen molar-refractivity contribution >= 4 is 40.0 Å². The number of rotatable bonds is 9. The van der Waals surface area contributed by atoms with Crippen LogP contribution >= 0.6 is 11.8 Å². The Morgan fingerprint density at radius 3 is 2.77 bits per heavy atom. The molecule has 8 nitrogen and oxygen atoms in total. The summed E-state index contributed by atoms with van der Waals surface area (Å²) in [6.07, 6.45) is 4.51. The molecule has 4 aromatic rings. The third kappa shape index (κ3) is 5.16. The zero-order valence-electron chi connectivity index (χ0n) is 19.5. The maximum atomic E-state index is 12.9. The number of ketones is 1. The first-order valence-electron chi connectivity index (χ1n) is 11.8. The van der Waals surface area contributed by atoms with Gasteiger partial charge >= 0.3 is 0 Å². The summed E-state index contributed by atoms with van der Waals surface area (Å²) in [5.41, 5.74) is 3.29. The topological polar surface area (TPSA) is 102 Å². The molecule has 1 aliphatic rings. The van der Waals surface area contributed by atoms with Gasteiger partial charge in [-0.2, -0.15) is 0 Å². The Morgan fingerprint density at radius 1 is 1.17 bits per heavy atom. The Bertz CT molecular complexity index is 1340. The number of amides is 1. The fourth-order valence-electron chi connectivity index (χ4n) is 4.21. The Labute approximate surface area is 207 Å². The zero-order chi connectivity index (χ0) is 24.2. The van der Waals surface area contributed by atoms with E-state index in [1.54, 1.807) is 31.2 Å². The first-order chi connectivity index (χ1) is 17.1. The Morgan fingerprint density at radius 2 is 2.00 bits per heavy atom. The van der Waals surface area contributed by atoms with Crippen molar-refractivity contribution in [1.82, 2.24) is 19.7 Å². The highest BCUT2D eigenvalue weighted by molar-refractivity contribution is 7.99. The van der Waals surface area contributed by atoms with Crippen molar-refractivity contribution in [2.75, 3.05) is 17.7 Å². The van der Waals surface area contributed by atoms with Crippen LogP contribution < -0.4 is 5.32 Å². The molecule has 1 fully saturated rings. The molecule has 35 heavy (non-hydrogen) atoms. The van der Waals surface area contributed by atoms with Gasteiger partial charge in [0.25, 0.3) is 0 Å². The van der Waals surface area contributed by atoms with E-state index in [9.17, 15) is 9.59 Å². The van der Waals surface area contributed by atoms with Gasteiger partial charge < -0.3 is 15.0 Å². The lowest BCUT2D eigenvalue weighted by molar-refractivity contribution is -0.115. The van der Waals surface area contributed by atoms with Crippen molar-refractivity contribution in [1.29, 1.82) is 0 Å². The molecule has 0 aliphatic carbocycles. The lowest BCUT2D eigenvalue weighted by Crippen LogP contribution is -2.17. The summed E-state index contributed by atoms with van der Waals surface area (Å²) < 4.78 is 7.97. The molecular weight excluding hydrogens is 462 g/mol. The fraction of sp³-hybridized carbons (Fsp3) is 0.308. The molecule has 2 N–H and O–H groups in total. The van der Waals surface area contributed by atoms with Gasteiger partial charge in [0.1, 0.15) is 0 Å². The lowest BCUT2D eigenvalue weighted by atomic mass is 10.1. The highest BCUT2D eigenvalue weighted by atomic mass is 32.2. The molecule has 0 saturated carbocycles. The van der Waals surface area contributed by atoms with E-state index in [4.69, 9.17) is 4.74 Å². The Kier molecular flexibility index (Phi) is 6.96. The minimum Gasteiger partial charge on any atom is -0.376 e. The van der Waals surface area contributed by atoms with Crippen molar-refractivity contribution in [2.24, 2.45) is 0 Å². The molecule has 9 heteroatoms. The molecule has 0 bridgehead atoms. The molecule has 180 valence electrons. The maximum Gasteiger partial charge on any atom is 0.224 e. The van der Waals surface area contributed by atoms with Crippen molar-refractivity contribution in [3.8, 4) is 11.4 Å². The van der Waals surface area contributed by atoms with Crippen molar-refractivity contribution in [2.45, 2.75) is 44.0 Å². The van der Waals surface area contributed by atoms with Gasteiger partial charge in [-0.3, -0.25) is 14.2 Å². The number of aromatic nitrogens is 4. The van der Waals surface area contributed by atoms with E-state index < -0.39 is 0 Å². The first-order valence-corrected chi connectivity index (χ1v) is 12.8. The molecule has 2 aromatic carbocycles. The number of benzene rings is 2. The summed E-state index contributed by atoms with van der Waals surface area (Å²) in [4.78, 5) is 27.8. The van der Waals surface area contributed by atoms with Crippen LogP contribution in [-0.2, 0) is 16.1 Å². The van der Waals surface area contributed by atoms with Gasteiger partial charge in [0.05, 0.1) is 18.4 Å². The number of para-hydroxylation sites is 1. The molecule has 1 atom stereocenters. The minimum atomic E-state index is -0.0591. The number of hydrogen-bond acceptors (Lipinski definition) is 6. The summed E-state index contributed by atoms with van der Waals surface area (Å²) in [6.45, 7) is 3.21. The largest absolute Gasteiger partial charge is 0.376 e. The average Bonchev–Trinajstić information content (AvgIpc) is 3.63. The number of H-pyrrole nitrogens is 1. The summed E-state index contributed by atoms with van der Waals surface area (Å²) in [5, 5.41) is 13.5. The van der Waals surface area contributed by atoms with Crippen molar-refractivity contribution < 1.29 is 14.3 Å². The third-order valence-electron chi connectivity index (χ3n) is 6.10. The summed E-state index contributed by atoms with van der Waals surface area (Å²) in [7, 11) is 0. The molecule has 5 rings (SSSR count). The molecule has 1 unspecified atom stereocenters. The van der Waals surface area contributed by atoms with Crippen molar-refractivity contribution in [3.05, 3.63) is 60.3 Å². The van der Waals surface area contributed by atoms with E-state index in [0.717, 1.165) is 41.7 Å². The highest BCUT2D eigenvalue weighted by Crippen LogP contribution is 2.31. The average molecular weight is 490 g/mol. The highest BCUT2D eigenvalue weighted by Gasteiger charge is 2.23. The van der Waals surface area contributed by atoms with E-state index in [1.807, 2.05) is 24.4 Å². The van der Waals surface area contributed by atoms with Gasteiger partial charge in [0.2, 0.25) is 5.91 Å². The molecule has 2 aromatic heterocycles. The van der Waals surface area contributed by atoms with Crippen LogP contribution in [0.2, 0.25) is 0 Å². The van der Waals surface area contributed by atoms with E-state index in [2.05, 4.69) is 31.1 Å². The minimum absolute atomic E-state index is 0.0105. The second-order valence-electron chi connectivity index (χ2n) is 8.49. The van der Waals surface area contributed by atoms with E-state index >= 15 is 0 Å². The van der Waals surface area contributed by atoms with Crippen LogP contribution in [0.1, 0.15) is 36.5 Å². The normalized spacial score (nSPS) is 15.5. The Hall–Kier alpha value is -3.43. The van der Waals surface area contributed by atoms with E-state index in [-0.39, 0.29) is 23.5 Å². The van der Waals surface area contributed by atoms with Gasteiger partial charge in [-0.15, -0.1) is 10.2 Å². The fourth-order valence-corrected chi connectivity index (χ4v) is 5.05. The smallest absolute Gasteiger partial charge is 0.224 e. The van der Waals surface area contributed by atoms with Gasteiger partial charge in [0.15, 0.2) is 16.8 Å². The third-order valence-corrected chi connectivity index (χ3v) is 7.07. The number of anilines is 1. The zero-order valence-corrected chi connectivity index (χ0v) is 20.3. The van der Waals surface area contributed by atoms with Crippen LogP contribution in [0.4, 0.5) is 5.69 Å². The van der Waals surface area contributed by atoms with Gasteiger partial charge in [-0.1, -0.05) is 36.9 Å². The lowest BCUT2D eigenvalue weighted by Gasteiger charge is -2.14. The first kappa shape index (κ1) is 23.3. The predicted octanol–water partition coefficient (Wildman–Crippen LogP) is 4.93. The number of thioether (sulfide) groups is 1. The molecule has 1 amide bonds. The number of aromatic amines is 1. The summed E-state index contributed by atoms with van der Waals surface area (Å²) >= 11 is 1.38. The molecule has 1 aliphatic heterocycles. The van der Waals surface area contributed by atoms with Gasteiger partial charge in [-0.25, -0.2) is 0 Å². The number of carbonyl (C=O) groups excluding carboxylic acids is 2. The van der Waals surface area contributed by atoms with Crippen LogP contribution in [0.15, 0.2) is 59.9 Å². The SMILES string of the molecule is CCC(=O)Nc1ccc(C(=O)CSc2nnc(-c3c[nH]c4ccccc34)n2CC2CCCO2)cc1. The summed E-state index contributed by atoms with van der Waals surface area (Å²) in [5.74, 6) is 0.932. The van der Waals surface area contributed by atoms with E-state index in [0.29, 0.717) is 29.4 Å². The van der Waals surface area contributed by atoms with Crippen LogP contribution in [0.25, 0.3) is 22.3 Å². The number of Topliss-reactive ketones (excluding diaryl/α,β-unsaturated/α-hetero) is 1. The number of nitrogens with zero attached hydrogens (tertiary/aromatic N) is 3. The molecule has 0 radical (unpaired) electrons. The molecule has 1 saturated heterocycles. The second-order valence-corrected chi connectivity index (χ2v) is 9.43. The predicted molar refractivity (Wildman–Crippen MR) is 137 cm³/mol. The van der Waals surface area contributed by atoms with Crippen molar-refractivity contribution in [3.63, 3.8) is 0 Å². The number of ether oxygens (including phenoxy) is 1. The van der Waals surface area contributed by atoms with Gasteiger partial charge in [-0.05, 0) is 43.2 Å². The standard InChI is InChI=1S/C26H27N5O3S/c1-2-24(33)28-18-11-9-17(10-12-18)23(32)16-35-26-30-29-25(31(26)15-19-6-5-13-34-19)21-14-27-22-8-4-3-7-20(21)22/h3-4,7-12,14,19,27H,2,5-6,13,15-16H2,1H3,(H,28,33). The molecular formula is C26H27N5O3S. The second kappa shape index (κ2) is 10.5. The van der Waals surface area contributed by atoms with E-state index in [1.165, 1.54) is 11.8 Å². The van der Waals surface area contributed by atoms with Crippen LogP contribution in [0.5, 0.6) is 0 Å². The molecule has 3 heterocycles. The number of fused-ring (bicyclic) bond motifs is 1. The van der Waals surface area contributed by atoms with Crippen LogP contribution in [0.3, 0.4) is 0 Å². The number of hydrogen-bond donors (Lipinski definition) is 2. The monoisotopic (exact) mass is 489 g/mol. The van der Waals surface area contributed by atoms with Crippen LogP contribution in [-0.4, -0.2) is 49.9 Å². The van der Waals surface area contributed by atoms with Gasteiger partial charge in [0, 0.05) is 46.9 Å². The maximum absolute atomic E-state index is 12.9. The Balaban J connectivity index is 1.35. The quantitative estimate of drug-likeness (QED) is 0.255. The summed E-state index contributed by atoms with van der Waals surface area (Å²) in [6, 6.07) is 15.1. The van der Waals surface area contributed by atoms with Crippen LogP contribution in [0, 0.1) is 0 Å². The number of carbonyl (C=O) groups is 2. The number of nitrogens with one attached hydrogen (secondary N) is 2. The molecule has 0 spiro atoms.